The third-order valence-electron chi connectivity index (χ3n) is 3.22. The molecule has 20 heavy (non-hydrogen) atoms. The Morgan fingerprint density at radius 2 is 2.10 bits per heavy atom. The average Bonchev–Trinajstić information content (AvgIpc) is 2.52. The average molecular weight is 281 g/mol. The summed E-state index contributed by atoms with van der Waals surface area (Å²) in [5.41, 5.74) is 5.99. The number of aliphatic hydroxyl groups is 1. The van der Waals surface area contributed by atoms with Crippen LogP contribution in [0.25, 0.3) is 0 Å². The van der Waals surface area contributed by atoms with E-state index in [1.807, 2.05) is 4.90 Å². The maximum atomic E-state index is 8.78. The van der Waals surface area contributed by atoms with Crippen LogP contribution in [0.15, 0.2) is 17.5 Å². The monoisotopic (exact) mass is 281 g/mol. The first-order chi connectivity index (χ1) is 9.76. The number of oxime groups is 1. The molecular formula is C12H19N5O3. The van der Waals surface area contributed by atoms with E-state index < -0.39 is 0 Å². The summed E-state index contributed by atoms with van der Waals surface area (Å²) in [5.74, 6) is 0.565. The van der Waals surface area contributed by atoms with Gasteiger partial charge in [0.1, 0.15) is 0 Å². The number of piperidine rings is 1. The second-order valence-corrected chi connectivity index (χ2v) is 4.49. The number of rotatable bonds is 5. The molecule has 2 rings (SSSR count). The van der Waals surface area contributed by atoms with Crippen LogP contribution in [0.2, 0.25) is 0 Å². The summed E-state index contributed by atoms with van der Waals surface area (Å²) in [6.45, 7) is 1.91. The van der Waals surface area contributed by atoms with Gasteiger partial charge in [-0.3, -0.25) is 0 Å². The van der Waals surface area contributed by atoms with Gasteiger partial charge in [0.25, 0.3) is 0 Å². The predicted molar refractivity (Wildman–Crippen MR) is 72.8 cm³/mol. The zero-order chi connectivity index (χ0) is 14.4. The van der Waals surface area contributed by atoms with Gasteiger partial charge in [-0.1, -0.05) is 5.16 Å². The van der Waals surface area contributed by atoms with Crippen LogP contribution in [-0.2, 0) is 4.74 Å². The fourth-order valence-corrected chi connectivity index (χ4v) is 2.24. The Kier molecular flexibility index (Phi) is 5.08. The molecule has 110 valence electrons. The minimum Gasteiger partial charge on any atom is -0.409 e. The van der Waals surface area contributed by atoms with Gasteiger partial charge in [-0.15, -0.1) is 0 Å². The smallest absolute Gasteiger partial charge is 0.192 e. The lowest BCUT2D eigenvalue weighted by Crippen LogP contribution is -2.39. The molecule has 2 heterocycles. The summed E-state index contributed by atoms with van der Waals surface area (Å²) in [6, 6.07) is 0. The van der Waals surface area contributed by atoms with E-state index in [1.165, 1.54) is 6.20 Å². The summed E-state index contributed by atoms with van der Waals surface area (Å²) in [7, 11) is 0. The Labute approximate surface area is 116 Å². The Bertz CT molecular complexity index is 460. The number of ether oxygens (including phenoxy) is 1. The minimum absolute atomic E-state index is 0.0397. The van der Waals surface area contributed by atoms with Crippen LogP contribution in [0.1, 0.15) is 18.5 Å². The van der Waals surface area contributed by atoms with E-state index >= 15 is 0 Å². The second kappa shape index (κ2) is 7.01. The molecule has 4 N–H and O–H groups in total. The zero-order valence-electron chi connectivity index (χ0n) is 11.1. The number of nitrogens with two attached hydrogens (primary N) is 1. The molecule has 1 aromatic heterocycles. The van der Waals surface area contributed by atoms with Crippen molar-refractivity contribution in [2.45, 2.75) is 18.9 Å². The maximum Gasteiger partial charge on any atom is 0.192 e. The molecule has 0 aliphatic carbocycles. The van der Waals surface area contributed by atoms with Crippen molar-refractivity contribution in [2.24, 2.45) is 10.9 Å². The summed E-state index contributed by atoms with van der Waals surface area (Å²) in [4.78, 5) is 10.4. The van der Waals surface area contributed by atoms with Gasteiger partial charge < -0.3 is 25.7 Å². The van der Waals surface area contributed by atoms with Crippen molar-refractivity contribution in [3.63, 3.8) is 0 Å². The number of nitrogens with zero attached hydrogens (tertiary/aromatic N) is 4. The van der Waals surface area contributed by atoms with Gasteiger partial charge in [-0.2, -0.15) is 0 Å². The van der Waals surface area contributed by atoms with Crippen LogP contribution in [0.4, 0.5) is 5.82 Å². The third-order valence-corrected chi connectivity index (χ3v) is 3.22. The van der Waals surface area contributed by atoms with Gasteiger partial charge in [0, 0.05) is 25.5 Å². The van der Waals surface area contributed by atoms with E-state index in [1.54, 1.807) is 6.20 Å². The molecule has 0 saturated carbocycles. The summed E-state index contributed by atoms with van der Waals surface area (Å²) >= 11 is 0. The van der Waals surface area contributed by atoms with Crippen LogP contribution in [-0.4, -0.2) is 58.5 Å². The lowest BCUT2D eigenvalue weighted by atomic mass is 10.1. The van der Waals surface area contributed by atoms with Crippen molar-refractivity contribution in [1.82, 2.24) is 9.97 Å². The molecule has 1 aromatic rings. The number of aliphatic hydroxyl groups excluding tert-OH is 1. The minimum atomic E-state index is -0.0493. The van der Waals surface area contributed by atoms with Crippen LogP contribution in [0, 0.1) is 0 Å². The molecule has 0 spiro atoms. The topological polar surface area (TPSA) is 117 Å². The molecule has 0 bridgehead atoms. The molecule has 1 aliphatic rings. The number of aromatic nitrogens is 2. The lowest BCUT2D eigenvalue weighted by molar-refractivity contribution is 0.0158. The first-order valence-electron chi connectivity index (χ1n) is 6.52. The zero-order valence-corrected chi connectivity index (χ0v) is 11.1. The van der Waals surface area contributed by atoms with Gasteiger partial charge in [-0.05, 0) is 12.8 Å². The number of anilines is 1. The number of hydrogen-bond donors (Lipinski definition) is 3. The van der Waals surface area contributed by atoms with E-state index in [-0.39, 0.29) is 18.5 Å². The van der Waals surface area contributed by atoms with Crippen LogP contribution < -0.4 is 10.6 Å². The van der Waals surface area contributed by atoms with E-state index in [9.17, 15) is 0 Å². The molecule has 0 amide bonds. The highest BCUT2D eigenvalue weighted by molar-refractivity contribution is 5.99. The first-order valence-corrected chi connectivity index (χ1v) is 6.52. The fourth-order valence-electron chi connectivity index (χ4n) is 2.24. The van der Waals surface area contributed by atoms with Gasteiger partial charge in [-0.25, -0.2) is 9.97 Å². The molecule has 0 radical (unpaired) electrons. The molecule has 1 fully saturated rings. The highest BCUT2D eigenvalue weighted by Crippen LogP contribution is 2.21. The summed E-state index contributed by atoms with van der Waals surface area (Å²) in [5, 5.41) is 20.5. The van der Waals surface area contributed by atoms with Crippen molar-refractivity contribution >= 4 is 11.7 Å². The van der Waals surface area contributed by atoms with Crippen molar-refractivity contribution in [2.75, 3.05) is 31.2 Å². The standard InChI is InChI=1S/C12H19N5O3/c13-11(16-19)10-12(15-4-3-14-10)17-5-1-9(2-6-17)20-8-7-18/h3-4,9,18-19H,1-2,5-8H2,(H2,13,16). The summed E-state index contributed by atoms with van der Waals surface area (Å²) in [6.07, 6.45) is 4.92. The predicted octanol–water partition coefficient (Wildman–Crippen LogP) is -0.451. The largest absolute Gasteiger partial charge is 0.409 e. The first kappa shape index (κ1) is 14.5. The molecule has 0 aromatic carbocycles. The SMILES string of the molecule is NC(=NO)c1nccnc1N1CCC(OCCO)CC1. The second-order valence-electron chi connectivity index (χ2n) is 4.49. The van der Waals surface area contributed by atoms with Gasteiger partial charge in [0.15, 0.2) is 17.3 Å². The van der Waals surface area contributed by atoms with E-state index in [0.717, 1.165) is 25.9 Å². The van der Waals surface area contributed by atoms with Gasteiger partial charge >= 0.3 is 0 Å². The van der Waals surface area contributed by atoms with Crippen LogP contribution in [0.5, 0.6) is 0 Å². The van der Waals surface area contributed by atoms with Crippen molar-refractivity contribution in [3.05, 3.63) is 18.1 Å². The van der Waals surface area contributed by atoms with E-state index in [0.29, 0.717) is 18.1 Å². The molecule has 0 unspecified atom stereocenters. The van der Waals surface area contributed by atoms with E-state index in [2.05, 4.69) is 15.1 Å². The molecule has 8 nitrogen and oxygen atoms in total. The highest BCUT2D eigenvalue weighted by Gasteiger charge is 2.23. The van der Waals surface area contributed by atoms with Crippen molar-refractivity contribution in [1.29, 1.82) is 0 Å². The van der Waals surface area contributed by atoms with Crippen molar-refractivity contribution < 1.29 is 15.1 Å². The Morgan fingerprint density at radius 1 is 1.40 bits per heavy atom. The fraction of sp³-hybridized carbons (Fsp3) is 0.583. The quantitative estimate of drug-likeness (QED) is 0.289. The maximum absolute atomic E-state index is 8.78. The molecule has 1 aliphatic heterocycles. The van der Waals surface area contributed by atoms with E-state index in [4.69, 9.17) is 20.8 Å². The number of hydrogen-bond acceptors (Lipinski definition) is 7. The molecular weight excluding hydrogens is 262 g/mol. The molecule has 1 saturated heterocycles. The normalized spacial score (nSPS) is 17.4. The van der Waals surface area contributed by atoms with Crippen LogP contribution in [0.3, 0.4) is 0 Å². The van der Waals surface area contributed by atoms with Crippen LogP contribution >= 0.6 is 0 Å². The summed E-state index contributed by atoms with van der Waals surface area (Å²) < 4.78 is 5.51. The molecule has 0 atom stereocenters. The Hall–Kier alpha value is -1.93. The highest BCUT2D eigenvalue weighted by atomic mass is 16.5. The lowest BCUT2D eigenvalue weighted by Gasteiger charge is -2.33. The number of amidine groups is 1. The van der Waals surface area contributed by atoms with Gasteiger partial charge in [0.05, 0.1) is 19.3 Å². The van der Waals surface area contributed by atoms with Crippen molar-refractivity contribution in [3.8, 4) is 0 Å². The molecule has 8 heteroatoms. The van der Waals surface area contributed by atoms with Gasteiger partial charge in [0.2, 0.25) is 0 Å². The Balaban J connectivity index is 2.04. The Morgan fingerprint density at radius 3 is 2.75 bits per heavy atom. The third kappa shape index (κ3) is 3.34.